The van der Waals surface area contributed by atoms with Gasteiger partial charge >= 0.3 is 0 Å². The van der Waals surface area contributed by atoms with Crippen LogP contribution < -0.4 is 24.3 Å². The highest BCUT2D eigenvalue weighted by Gasteiger charge is 2.01. The van der Waals surface area contributed by atoms with Gasteiger partial charge in [0.1, 0.15) is 49.4 Å². The van der Waals surface area contributed by atoms with Gasteiger partial charge in [-0.3, -0.25) is 0 Å². The van der Waals surface area contributed by atoms with Gasteiger partial charge in [-0.15, -0.1) is 0 Å². The lowest BCUT2D eigenvalue weighted by Crippen LogP contribution is -2.09. The van der Waals surface area contributed by atoms with E-state index in [-0.39, 0.29) is 0 Å². The minimum Gasteiger partial charge on any atom is -0.490 e. The van der Waals surface area contributed by atoms with Gasteiger partial charge < -0.3 is 24.3 Å². The Balaban J connectivity index is 1.15. The summed E-state index contributed by atoms with van der Waals surface area (Å²) in [6.07, 6.45) is 0. The number of nitrogens with one attached hydrogen (secondary N) is 1. The lowest BCUT2D eigenvalue weighted by molar-refractivity contribution is 0.217. The van der Waals surface area contributed by atoms with Gasteiger partial charge in [0.2, 0.25) is 0 Å². The average Bonchev–Trinajstić information content (AvgIpc) is 2.90. The van der Waals surface area contributed by atoms with E-state index < -0.39 is 0 Å². The minimum absolute atomic E-state index is 0.490. The van der Waals surface area contributed by atoms with Crippen LogP contribution in [0.5, 0.6) is 23.0 Å². The fourth-order valence-corrected chi connectivity index (χ4v) is 3.29. The van der Waals surface area contributed by atoms with Crippen LogP contribution in [0.15, 0.2) is 109 Å². The van der Waals surface area contributed by atoms with Crippen LogP contribution in [0.4, 0.5) is 5.69 Å². The molecule has 4 rings (SSSR count). The summed E-state index contributed by atoms with van der Waals surface area (Å²) < 4.78 is 22.9. The summed E-state index contributed by atoms with van der Waals surface area (Å²) in [4.78, 5) is 0. The number of para-hydroxylation sites is 2. The summed E-state index contributed by atoms with van der Waals surface area (Å²) >= 11 is 0. The highest BCUT2D eigenvalue weighted by molar-refractivity contribution is 5.47. The third-order valence-corrected chi connectivity index (χ3v) is 4.98. The van der Waals surface area contributed by atoms with Crippen molar-refractivity contribution in [2.24, 2.45) is 0 Å². The van der Waals surface area contributed by atoms with E-state index in [1.54, 1.807) is 0 Å². The molecule has 1 N–H and O–H groups in total. The van der Waals surface area contributed by atoms with E-state index in [4.69, 9.17) is 18.9 Å². The highest BCUT2D eigenvalue weighted by atomic mass is 16.5. The molecular formula is C29H29NO4. The maximum Gasteiger partial charge on any atom is 0.122 e. The molecule has 0 amide bonds. The second-order valence-corrected chi connectivity index (χ2v) is 7.55. The number of ether oxygens (including phenoxy) is 4. The van der Waals surface area contributed by atoms with Gasteiger partial charge in [-0.1, -0.05) is 48.5 Å². The first-order chi connectivity index (χ1) is 16.8. The molecule has 5 heteroatoms. The first kappa shape index (κ1) is 23.1. The van der Waals surface area contributed by atoms with Crippen LogP contribution in [0.1, 0.15) is 5.56 Å². The molecule has 0 saturated heterocycles. The van der Waals surface area contributed by atoms with Crippen molar-refractivity contribution >= 4 is 5.69 Å². The van der Waals surface area contributed by atoms with Crippen molar-refractivity contribution < 1.29 is 18.9 Å². The number of hydrogen-bond donors (Lipinski definition) is 1. The van der Waals surface area contributed by atoms with E-state index in [0.717, 1.165) is 34.2 Å². The van der Waals surface area contributed by atoms with E-state index in [9.17, 15) is 0 Å². The Morgan fingerprint density at radius 3 is 1.47 bits per heavy atom. The van der Waals surface area contributed by atoms with Gasteiger partial charge in [-0.25, -0.2) is 0 Å². The van der Waals surface area contributed by atoms with Crippen LogP contribution >= 0.6 is 0 Å². The summed E-state index contributed by atoms with van der Waals surface area (Å²) in [6.45, 7) is 2.68. The second kappa shape index (κ2) is 12.8. The van der Waals surface area contributed by atoms with E-state index in [1.165, 1.54) is 0 Å². The van der Waals surface area contributed by atoms with Crippen LogP contribution in [-0.2, 0) is 6.54 Å². The van der Waals surface area contributed by atoms with Crippen molar-refractivity contribution in [2.45, 2.75) is 6.54 Å². The Morgan fingerprint density at radius 2 is 0.912 bits per heavy atom. The molecule has 0 aliphatic carbocycles. The number of hydrogen-bond acceptors (Lipinski definition) is 5. The third-order valence-electron chi connectivity index (χ3n) is 4.98. The maximum absolute atomic E-state index is 5.83. The van der Waals surface area contributed by atoms with Crippen LogP contribution in [0.25, 0.3) is 0 Å². The maximum atomic E-state index is 5.83. The molecule has 0 aliphatic rings. The monoisotopic (exact) mass is 455 g/mol. The first-order valence-corrected chi connectivity index (χ1v) is 11.4. The van der Waals surface area contributed by atoms with Crippen LogP contribution in [0.2, 0.25) is 0 Å². The van der Waals surface area contributed by atoms with Crippen molar-refractivity contribution in [3.63, 3.8) is 0 Å². The van der Waals surface area contributed by atoms with E-state index in [0.29, 0.717) is 33.0 Å². The largest absolute Gasteiger partial charge is 0.490 e. The summed E-state index contributed by atoms with van der Waals surface area (Å²) in [5, 5.41) is 3.43. The molecule has 0 spiro atoms. The number of rotatable bonds is 13. The molecule has 174 valence electrons. The Kier molecular flexibility index (Phi) is 8.68. The Bertz CT molecular complexity index is 1100. The molecule has 34 heavy (non-hydrogen) atoms. The van der Waals surface area contributed by atoms with Crippen LogP contribution in [0.3, 0.4) is 0 Å². The van der Waals surface area contributed by atoms with Crippen LogP contribution in [-0.4, -0.2) is 26.4 Å². The fourth-order valence-electron chi connectivity index (χ4n) is 3.29. The molecule has 4 aromatic rings. The number of anilines is 1. The van der Waals surface area contributed by atoms with Gasteiger partial charge in [-0.2, -0.15) is 0 Å². The summed E-state index contributed by atoms with van der Waals surface area (Å²) in [6, 6.07) is 35.5. The molecule has 0 unspecified atom stereocenters. The van der Waals surface area contributed by atoms with E-state index in [1.807, 2.05) is 103 Å². The predicted octanol–water partition coefficient (Wildman–Crippen LogP) is 6.21. The van der Waals surface area contributed by atoms with Gasteiger partial charge in [-0.05, 0) is 66.2 Å². The van der Waals surface area contributed by atoms with Gasteiger partial charge in [0.05, 0.1) is 0 Å². The van der Waals surface area contributed by atoms with E-state index in [2.05, 4.69) is 11.4 Å². The Labute approximate surface area is 200 Å². The van der Waals surface area contributed by atoms with Crippen molar-refractivity contribution in [1.29, 1.82) is 0 Å². The lowest BCUT2D eigenvalue weighted by atomic mass is 10.2. The normalized spacial score (nSPS) is 10.4. The minimum atomic E-state index is 0.490. The molecule has 0 atom stereocenters. The summed E-state index contributed by atoms with van der Waals surface area (Å²) in [5.41, 5.74) is 2.16. The molecule has 0 saturated carbocycles. The Hall–Kier alpha value is -4.12. The van der Waals surface area contributed by atoms with Crippen molar-refractivity contribution in [3.8, 4) is 23.0 Å². The molecule has 0 fully saturated rings. The number of benzene rings is 4. The van der Waals surface area contributed by atoms with E-state index >= 15 is 0 Å². The Morgan fingerprint density at radius 1 is 0.441 bits per heavy atom. The molecule has 0 bridgehead atoms. The SMILES string of the molecule is c1ccc(OCCOc2ccc(NCc3cccc(OCCOc4ccccc4)c3)cc2)cc1. The zero-order valence-electron chi connectivity index (χ0n) is 19.1. The van der Waals surface area contributed by atoms with Gasteiger partial charge in [0.25, 0.3) is 0 Å². The van der Waals surface area contributed by atoms with Crippen molar-refractivity contribution in [3.05, 3.63) is 115 Å². The molecular weight excluding hydrogens is 426 g/mol. The molecule has 0 aliphatic heterocycles. The second-order valence-electron chi connectivity index (χ2n) is 7.55. The summed E-state index contributed by atoms with van der Waals surface area (Å²) in [5.74, 6) is 3.34. The fraction of sp³-hybridized carbons (Fsp3) is 0.172. The molecule has 0 heterocycles. The lowest BCUT2D eigenvalue weighted by Gasteiger charge is -2.11. The van der Waals surface area contributed by atoms with Crippen molar-refractivity contribution in [1.82, 2.24) is 0 Å². The smallest absolute Gasteiger partial charge is 0.122 e. The van der Waals surface area contributed by atoms with Gasteiger partial charge in [0.15, 0.2) is 0 Å². The quantitative estimate of drug-likeness (QED) is 0.243. The summed E-state index contributed by atoms with van der Waals surface area (Å²) in [7, 11) is 0. The molecule has 0 aromatic heterocycles. The zero-order valence-corrected chi connectivity index (χ0v) is 19.1. The van der Waals surface area contributed by atoms with Crippen LogP contribution in [0, 0.1) is 0 Å². The standard InChI is InChI=1S/C29H29NO4/c1-3-9-26(10-4-1)31-18-19-33-28-16-14-25(15-17-28)30-23-24-8-7-13-29(22-24)34-21-20-32-27-11-5-2-6-12-27/h1-17,22,30H,18-21,23H2. The van der Waals surface area contributed by atoms with Crippen molar-refractivity contribution in [2.75, 3.05) is 31.7 Å². The average molecular weight is 456 g/mol. The molecule has 4 aromatic carbocycles. The third kappa shape index (κ3) is 7.78. The highest BCUT2D eigenvalue weighted by Crippen LogP contribution is 2.19. The topological polar surface area (TPSA) is 49.0 Å². The molecule has 5 nitrogen and oxygen atoms in total. The predicted molar refractivity (Wildman–Crippen MR) is 135 cm³/mol. The zero-order chi connectivity index (χ0) is 23.3. The molecule has 0 radical (unpaired) electrons. The van der Waals surface area contributed by atoms with Gasteiger partial charge in [0, 0.05) is 12.2 Å². The first-order valence-electron chi connectivity index (χ1n) is 11.4.